The number of benzene rings is 1. The third kappa shape index (κ3) is 8.04. The number of hydrogen-bond donors (Lipinski definition) is 3. The zero-order valence-electron chi connectivity index (χ0n) is 15.8. The number of rotatable bonds is 7. The van der Waals surface area contributed by atoms with Gasteiger partial charge in [0.25, 0.3) is 6.43 Å². The number of likely N-dealkylation sites (tertiary alicyclic amines) is 1. The number of methoxy groups -OCH3 is 1. The van der Waals surface area contributed by atoms with Crippen molar-refractivity contribution in [1.82, 2.24) is 15.5 Å². The molecule has 9 heteroatoms. The number of ether oxygens (including phenoxy) is 1. The van der Waals surface area contributed by atoms with Gasteiger partial charge in [0.05, 0.1) is 20.2 Å². The second kappa shape index (κ2) is 12.2. The molecule has 0 atom stereocenters. The van der Waals surface area contributed by atoms with Gasteiger partial charge in [0.2, 0.25) is 0 Å². The first-order chi connectivity index (χ1) is 12.5. The predicted octanol–water partition coefficient (Wildman–Crippen LogP) is 2.80. The average molecular weight is 498 g/mol. The van der Waals surface area contributed by atoms with Gasteiger partial charge in [-0.2, -0.15) is 0 Å². The summed E-state index contributed by atoms with van der Waals surface area (Å²) in [6.45, 7) is 4.14. The highest BCUT2D eigenvalue weighted by molar-refractivity contribution is 14.0. The molecule has 6 nitrogen and oxygen atoms in total. The van der Waals surface area contributed by atoms with E-state index in [4.69, 9.17) is 4.74 Å². The normalized spacial score (nSPS) is 16.1. The van der Waals surface area contributed by atoms with E-state index in [2.05, 4.69) is 15.6 Å². The summed E-state index contributed by atoms with van der Waals surface area (Å²) in [7, 11) is 1.57. The summed E-state index contributed by atoms with van der Waals surface area (Å²) >= 11 is 0. The van der Waals surface area contributed by atoms with Crippen LogP contribution in [-0.4, -0.2) is 61.7 Å². The number of hydrogen-bond acceptors (Lipinski definition) is 4. The number of piperidine rings is 1. The molecule has 0 amide bonds. The number of alkyl halides is 2. The van der Waals surface area contributed by atoms with E-state index in [1.165, 1.54) is 0 Å². The van der Waals surface area contributed by atoms with Gasteiger partial charge in [-0.05, 0) is 38.0 Å². The Labute approximate surface area is 176 Å². The number of aromatic hydroxyl groups is 1. The SMILES string of the molecule is CCNC(=NCc1cc(OC)ccc1O)NC1CCN(CC(F)F)CC1.I. The van der Waals surface area contributed by atoms with Crippen LogP contribution in [0.2, 0.25) is 0 Å². The molecule has 0 spiro atoms. The Morgan fingerprint density at radius 3 is 2.67 bits per heavy atom. The summed E-state index contributed by atoms with van der Waals surface area (Å²) in [5.74, 6) is 1.49. The largest absolute Gasteiger partial charge is 0.508 e. The van der Waals surface area contributed by atoms with Crippen molar-refractivity contribution in [2.45, 2.75) is 38.8 Å². The van der Waals surface area contributed by atoms with Crippen LogP contribution in [0, 0.1) is 0 Å². The highest BCUT2D eigenvalue weighted by Crippen LogP contribution is 2.23. The van der Waals surface area contributed by atoms with Crippen molar-refractivity contribution in [3.63, 3.8) is 0 Å². The lowest BCUT2D eigenvalue weighted by Crippen LogP contribution is -2.49. The van der Waals surface area contributed by atoms with E-state index in [0.717, 1.165) is 12.8 Å². The first kappa shape index (κ1) is 23.7. The van der Waals surface area contributed by atoms with E-state index in [1.807, 2.05) is 6.92 Å². The second-order valence-corrected chi connectivity index (χ2v) is 6.30. The van der Waals surface area contributed by atoms with Gasteiger partial charge < -0.3 is 20.5 Å². The maximum Gasteiger partial charge on any atom is 0.251 e. The van der Waals surface area contributed by atoms with E-state index in [0.29, 0.717) is 43.5 Å². The molecule has 0 radical (unpaired) electrons. The smallest absolute Gasteiger partial charge is 0.251 e. The maximum absolute atomic E-state index is 12.5. The summed E-state index contributed by atoms with van der Waals surface area (Å²) in [5, 5.41) is 16.5. The molecule has 154 valence electrons. The third-order valence-corrected chi connectivity index (χ3v) is 4.36. The fraction of sp³-hybridized carbons (Fsp3) is 0.611. The van der Waals surface area contributed by atoms with Gasteiger partial charge in [0.1, 0.15) is 11.5 Å². The standard InChI is InChI=1S/C18H28F2N4O2.HI/c1-3-21-18(22-11-13-10-15(26-2)4-5-16(13)25)23-14-6-8-24(9-7-14)12-17(19)20;/h4-5,10,14,17,25H,3,6-9,11-12H2,1-2H3,(H2,21,22,23);1H. The molecule has 1 heterocycles. The molecule has 27 heavy (non-hydrogen) atoms. The number of phenolic OH excluding ortho intramolecular Hbond substituents is 1. The minimum Gasteiger partial charge on any atom is -0.508 e. The fourth-order valence-corrected chi connectivity index (χ4v) is 2.95. The van der Waals surface area contributed by atoms with Crippen molar-refractivity contribution < 1.29 is 18.6 Å². The maximum atomic E-state index is 12.5. The summed E-state index contributed by atoms with van der Waals surface area (Å²) in [6, 6.07) is 5.23. The molecule has 3 N–H and O–H groups in total. The van der Waals surface area contributed by atoms with Gasteiger partial charge in [-0.3, -0.25) is 4.90 Å². The lowest BCUT2D eigenvalue weighted by atomic mass is 10.1. The molecule has 1 aromatic carbocycles. The molecule has 1 saturated heterocycles. The Balaban J connectivity index is 0.00000364. The number of aliphatic imine (C=N–C) groups is 1. The third-order valence-electron chi connectivity index (χ3n) is 4.36. The van der Waals surface area contributed by atoms with Gasteiger partial charge in [-0.1, -0.05) is 0 Å². The van der Waals surface area contributed by atoms with Crippen molar-refractivity contribution in [2.75, 3.05) is 33.3 Å². The summed E-state index contributed by atoms with van der Waals surface area (Å²) in [5.41, 5.74) is 0.674. The van der Waals surface area contributed by atoms with Crippen LogP contribution < -0.4 is 15.4 Å². The minimum absolute atomic E-state index is 0. The van der Waals surface area contributed by atoms with Crippen molar-refractivity contribution in [2.24, 2.45) is 4.99 Å². The fourth-order valence-electron chi connectivity index (χ4n) is 2.95. The van der Waals surface area contributed by atoms with Gasteiger partial charge in [-0.15, -0.1) is 24.0 Å². The number of halogens is 3. The molecule has 1 aliphatic rings. The number of phenols is 1. The second-order valence-electron chi connectivity index (χ2n) is 6.30. The van der Waals surface area contributed by atoms with E-state index in [1.54, 1.807) is 30.2 Å². The topological polar surface area (TPSA) is 69.1 Å². The molecular formula is C18H29F2IN4O2. The van der Waals surface area contributed by atoms with Crippen LogP contribution in [0.5, 0.6) is 11.5 Å². The van der Waals surface area contributed by atoms with Crippen molar-refractivity contribution in [3.8, 4) is 11.5 Å². The summed E-state index contributed by atoms with van der Waals surface area (Å²) < 4.78 is 30.1. The predicted molar refractivity (Wildman–Crippen MR) is 113 cm³/mol. The van der Waals surface area contributed by atoms with E-state index < -0.39 is 6.43 Å². The number of guanidine groups is 1. The van der Waals surface area contributed by atoms with Crippen molar-refractivity contribution >= 4 is 29.9 Å². The van der Waals surface area contributed by atoms with Crippen LogP contribution in [-0.2, 0) is 6.54 Å². The van der Waals surface area contributed by atoms with Crippen LogP contribution in [0.3, 0.4) is 0 Å². The lowest BCUT2D eigenvalue weighted by Gasteiger charge is -2.32. The zero-order valence-corrected chi connectivity index (χ0v) is 18.1. The van der Waals surface area contributed by atoms with Crippen LogP contribution in [0.4, 0.5) is 8.78 Å². The molecule has 0 saturated carbocycles. The van der Waals surface area contributed by atoms with Crippen LogP contribution >= 0.6 is 24.0 Å². The van der Waals surface area contributed by atoms with E-state index in [9.17, 15) is 13.9 Å². The Hall–Kier alpha value is -1.36. The Bertz CT molecular complexity index is 597. The molecular weight excluding hydrogens is 469 g/mol. The Morgan fingerprint density at radius 1 is 1.37 bits per heavy atom. The van der Waals surface area contributed by atoms with Crippen LogP contribution in [0.1, 0.15) is 25.3 Å². The van der Waals surface area contributed by atoms with Crippen molar-refractivity contribution in [3.05, 3.63) is 23.8 Å². The van der Waals surface area contributed by atoms with E-state index >= 15 is 0 Å². The Kier molecular flexibility index (Phi) is 10.7. The monoisotopic (exact) mass is 498 g/mol. The Morgan fingerprint density at radius 2 is 2.07 bits per heavy atom. The first-order valence-electron chi connectivity index (χ1n) is 8.93. The molecule has 1 aromatic rings. The van der Waals surface area contributed by atoms with Crippen LogP contribution in [0.25, 0.3) is 0 Å². The highest BCUT2D eigenvalue weighted by Gasteiger charge is 2.22. The average Bonchev–Trinajstić information content (AvgIpc) is 2.62. The summed E-state index contributed by atoms with van der Waals surface area (Å²) in [4.78, 5) is 6.32. The zero-order chi connectivity index (χ0) is 18.9. The molecule has 1 aliphatic heterocycles. The van der Waals surface area contributed by atoms with Crippen molar-refractivity contribution in [1.29, 1.82) is 0 Å². The summed E-state index contributed by atoms with van der Waals surface area (Å²) in [6.07, 6.45) is -0.697. The minimum atomic E-state index is -2.28. The molecule has 2 rings (SSSR count). The molecule has 0 bridgehead atoms. The molecule has 0 aliphatic carbocycles. The van der Waals surface area contributed by atoms with Gasteiger partial charge in [-0.25, -0.2) is 13.8 Å². The van der Waals surface area contributed by atoms with E-state index in [-0.39, 0.29) is 42.3 Å². The molecule has 0 unspecified atom stereocenters. The van der Waals surface area contributed by atoms with Gasteiger partial charge >= 0.3 is 0 Å². The first-order valence-corrected chi connectivity index (χ1v) is 8.93. The molecule has 1 fully saturated rings. The van der Waals surface area contributed by atoms with Gasteiger partial charge in [0.15, 0.2) is 5.96 Å². The molecule has 0 aromatic heterocycles. The lowest BCUT2D eigenvalue weighted by molar-refractivity contribution is 0.0744. The highest BCUT2D eigenvalue weighted by atomic mass is 127. The van der Waals surface area contributed by atoms with Crippen LogP contribution in [0.15, 0.2) is 23.2 Å². The quantitative estimate of drug-likeness (QED) is 0.307. The number of nitrogens with zero attached hydrogens (tertiary/aromatic N) is 2. The number of nitrogens with one attached hydrogen (secondary N) is 2. The van der Waals surface area contributed by atoms with Gasteiger partial charge in [0, 0.05) is 31.2 Å².